The van der Waals surface area contributed by atoms with Crippen molar-refractivity contribution in [3.63, 3.8) is 0 Å². The number of aromatic nitrogens is 3. The fourth-order valence-electron chi connectivity index (χ4n) is 3.69. The summed E-state index contributed by atoms with van der Waals surface area (Å²) in [6.07, 6.45) is 7.09. The quantitative estimate of drug-likeness (QED) is 0.568. The van der Waals surface area contributed by atoms with Gasteiger partial charge in [-0.3, -0.25) is 14.5 Å². The van der Waals surface area contributed by atoms with Gasteiger partial charge in [-0.2, -0.15) is 9.40 Å². The summed E-state index contributed by atoms with van der Waals surface area (Å²) >= 11 is 5.85. The number of carbonyl (C=O) groups is 1. The summed E-state index contributed by atoms with van der Waals surface area (Å²) in [5.41, 5.74) is 1.17. The van der Waals surface area contributed by atoms with Gasteiger partial charge in [0.25, 0.3) is 0 Å². The van der Waals surface area contributed by atoms with Gasteiger partial charge in [0.05, 0.1) is 4.90 Å². The van der Waals surface area contributed by atoms with Crippen molar-refractivity contribution in [2.75, 3.05) is 18.4 Å². The van der Waals surface area contributed by atoms with E-state index in [1.54, 1.807) is 35.3 Å². The smallest absolute Gasteiger partial charge is 0.243 e. The Hall–Kier alpha value is -2.75. The molecule has 3 heterocycles. The molecule has 8 nitrogen and oxygen atoms in total. The van der Waals surface area contributed by atoms with Crippen LogP contribution in [0.2, 0.25) is 5.02 Å². The van der Waals surface area contributed by atoms with E-state index in [9.17, 15) is 13.2 Å². The number of amides is 1. The molecule has 32 heavy (non-hydrogen) atoms. The molecule has 1 amide bonds. The zero-order chi connectivity index (χ0) is 22.6. The first-order valence-corrected chi connectivity index (χ1v) is 12.2. The second kappa shape index (κ2) is 9.81. The molecule has 0 spiro atoms. The average Bonchev–Trinajstić information content (AvgIpc) is 3.26. The number of rotatable bonds is 7. The van der Waals surface area contributed by atoms with E-state index in [0.717, 1.165) is 6.42 Å². The van der Waals surface area contributed by atoms with Gasteiger partial charge in [-0.15, -0.1) is 0 Å². The van der Waals surface area contributed by atoms with E-state index in [2.05, 4.69) is 15.4 Å². The molecule has 1 aliphatic heterocycles. The van der Waals surface area contributed by atoms with Crippen LogP contribution in [0.15, 0.2) is 66.0 Å². The number of halogens is 1. The highest BCUT2D eigenvalue weighted by Crippen LogP contribution is 2.25. The Morgan fingerprint density at radius 1 is 1.06 bits per heavy atom. The van der Waals surface area contributed by atoms with Crippen LogP contribution in [-0.4, -0.2) is 46.5 Å². The predicted octanol–water partition coefficient (Wildman–Crippen LogP) is 3.21. The average molecular weight is 474 g/mol. The number of piperidine rings is 1. The molecular weight excluding hydrogens is 450 g/mol. The summed E-state index contributed by atoms with van der Waals surface area (Å²) in [5, 5.41) is 7.76. The molecule has 0 bridgehead atoms. The second-order valence-electron chi connectivity index (χ2n) is 7.69. The number of aryl methyl sites for hydroxylation is 2. The summed E-state index contributed by atoms with van der Waals surface area (Å²) in [6, 6.07) is 11.8. The largest absolute Gasteiger partial charge is 0.309 e. The highest BCUT2D eigenvalue weighted by molar-refractivity contribution is 7.89. The first kappa shape index (κ1) is 22.4. The number of benzene rings is 1. The molecule has 0 aliphatic carbocycles. The summed E-state index contributed by atoms with van der Waals surface area (Å²) in [5.74, 6) is 0.113. The van der Waals surface area contributed by atoms with Gasteiger partial charge in [-0.1, -0.05) is 11.6 Å². The minimum Gasteiger partial charge on any atom is -0.309 e. The van der Waals surface area contributed by atoms with E-state index >= 15 is 0 Å². The van der Waals surface area contributed by atoms with Crippen LogP contribution < -0.4 is 5.32 Å². The van der Waals surface area contributed by atoms with Gasteiger partial charge >= 0.3 is 0 Å². The number of pyridine rings is 1. The number of nitrogens with zero attached hydrogens (tertiary/aromatic N) is 4. The Morgan fingerprint density at radius 2 is 1.75 bits per heavy atom. The molecule has 168 valence electrons. The van der Waals surface area contributed by atoms with Gasteiger partial charge in [-0.25, -0.2) is 8.42 Å². The van der Waals surface area contributed by atoms with E-state index in [1.807, 2.05) is 18.3 Å². The summed E-state index contributed by atoms with van der Waals surface area (Å²) in [6.45, 7) is 1.29. The molecule has 0 unspecified atom stereocenters. The minimum atomic E-state index is -3.59. The lowest BCUT2D eigenvalue weighted by Crippen LogP contribution is -2.41. The normalized spacial score (nSPS) is 15.5. The van der Waals surface area contributed by atoms with E-state index < -0.39 is 10.0 Å². The maximum atomic E-state index is 12.8. The highest BCUT2D eigenvalue weighted by atomic mass is 35.5. The number of hydrogen-bond donors (Lipinski definition) is 1. The zero-order valence-corrected chi connectivity index (χ0v) is 19.0. The van der Waals surface area contributed by atoms with Crippen LogP contribution in [0, 0.1) is 5.92 Å². The van der Waals surface area contributed by atoms with Crippen molar-refractivity contribution in [3.8, 4) is 0 Å². The molecule has 3 aromatic rings. The topological polar surface area (TPSA) is 97.2 Å². The Labute approximate surface area is 192 Å². The van der Waals surface area contributed by atoms with Gasteiger partial charge in [0.2, 0.25) is 15.9 Å². The van der Waals surface area contributed by atoms with Crippen LogP contribution in [0.3, 0.4) is 0 Å². The first-order chi connectivity index (χ1) is 15.4. The van der Waals surface area contributed by atoms with Crippen LogP contribution in [0.1, 0.15) is 18.4 Å². The fraction of sp³-hybridized carbons (Fsp3) is 0.318. The standard InChI is InChI=1S/C22H24ClN5O3S/c23-19-1-3-20(4-2-19)32(30,31)28-15-8-18(9-16-28)22(29)25-21-10-14-27(26-21)13-7-17-5-11-24-12-6-17/h1-6,10-12,14,18H,7-9,13,15-16H2,(H,25,26,29). The number of nitrogens with one attached hydrogen (secondary N) is 1. The van der Waals surface area contributed by atoms with Crippen LogP contribution in [-0.2, 0) is 27.8 Å². The van der Waals surface area contributed by atoms with Crippen LogP contribution in [0.25, 0.3) is 0 Å². The Bertz CT molecular complexity index is 1160. The molecule has 1 aromatic carbocycles. The lowest BCUT2D eigenvalue weighted by molar-refractivity contribution is -0.120. The van der Waals surface area contributed by atoms with Crippen molar-refractivity contribution in [2.45, 2.75) is 30.7 Å². The maximum absolute atomic E-state index is 12.8. The molecule has 1 N–H and O–H groups in total. The second-order valence-corrected chi connectivity index (χ2v) is 10.1. The molecule has 2 aromatic heterocycles. The van der Waals surface area contributed by atoms with Gasteiger partial charge in [0.1, 0.15) is 0 Å². The Morgan fingerprint density at radius 3 is 2.44 bits per heavy atom. The van der Waals surface area contributed by atoms with Crippen molar-refractivity contribution in [3.05, 3.63) is 71.6 Å². The van der Waals surface area contributed by atoms with Crippen molar-refractivity contribution < 1.29 is 13.2 Å². The Kier molecular flexibility index (Phi) is 6.88. The number of carbonyl (C=O) groups excluding carboxylic acids is 1. The lowest BCUT2D eigenvalue weighted by atomic mass is 9.97. The highest BCUT2D eigenvalue weighted by Gasteiger charge is 2.32. The van der Waals surface area contributed by atoms with Gasteiger partial charge in [0, 0.05) is 55.2 Å². The molecular formula is C22H24ClN5O3S. The van der Waals surface area contributed by atoms with Crippen molar-refractivity contribution >= 4 is 33.3 Å². The fourth-order valence-corrected chi connectivity index (χ4v) is 5.28. The molecule has 1 fully saturated rings. The van der Waals surface area contributed by atoms with Crippen molar-refractivity contribution in [2.24, 2.45) is 5.92 Å². The maximum Gasteiger partial charge on any atom is 0.243 e. The summed E-state index contributed by atoms with van der Waals surface area (Å²) in [4.78, 5) is 16.9. The van der Waals surface area contributed by atoms with E-state index in [1.165, 1.54) is 22.0 Å². The molecule has 10 heteroatoms. The van der Waals surface area contributed by atoms with Crippen molar-refractivity contribution in [1.82, 2.24) is 19.1 Å². The van der Waals surface area contributed by atoms with Crippen LogP contribution >= 0.6 is 11.6 Å². The third-order valence-electron chi connectivity index (χ3n) is 5.55. The first-order valence-electron chi connectivity index (χ1n) is 10.4. The van der Waals surface area contributed by atoms with Crippen LogP contribution in [0.4, 0.5) is 5.82 Å². The molecule has 0 atom stereocenters. The zero-order valence-electron chi connectivity index (χ0n) is 17.4. The van der Waals surface area contributed by atoms with Gasteiger partial charge in [-0.05, 0) is 61.2 Å². The molecule has 0 saturated carbocycles. The molecule has 4 rings (SSSR count). The van der Waals surface area contributed by atoms with Gasteiger partial charge < -0.3 is 5.32 Å². The number of hydrogen-bond acceptors (Lipinski definition) is 5. The molecule has 1 aliphatic rings. The van der Waals surface area contributed by atoms with Crippen molar-refractivity contribution in [1.29, 1.82) is 0 Å². The Balaban J connectivity index is 1.28. The third kappa shape index (κ3) is 5.35. The summed E-state index contributed by atoms with van der Waals surface area (Å²) in [7, 11) is -3.59. The van der Waals surface area contributed by atoms with Crippen LogP contribution in [0.5, 0.6) is 0 Å². The lowest BCUT2D eigenvalue weighted by Gasteiger charge is -2.30. The SMILES string of the molecule is O=C(Nc1ccn(CCc2ccncc2)n1)C1CCN(S(=O)(=O)c2ccc(Cl)cc2)CC1. The van der Waals surface area contributed by atoms with E-state index in [4.69, 9.17) is 11.6 Å². The third-order valence-corrected chi connectivity index (χ3v) is 7.71. The minimum absolute atomic E-state index is 0.132. The predicted molar refractivity (Wildman–Crippen MR) is 122 cm³/mol. The number of sulfonamides is 1. The molecule has 0 radical (unpaired) electrons. The number of anilines is 1. The van der Waals surface area contributed by atoms with Gasteiger partial charge in [0.15, 0.2) is 5.82 Å². The summed E-state index contributed by atoms with van der Waals surface area (Å²) < 4.78 is 28.8. The van der Waals surface area contributed by atoms with E-state index in [-0.39, 0.29) is 16.7 Å². The molecule has 1 saturated heterocycles. The monoisotopic (exact) mass is 473 g/mol. The van der Waals surface area contributed by atoms with E-state index in [0.29, 0.717) is 43.3 Å².